The van der Waals surface area contributed by atoms with Crippen LogP contribution in [0.1, 0.15) is 33.1 Å². The van der Waals surface area contributed by atoms with Crippen LogP contribution in [0.4, 0.5) is 0 Å². The first kappa shape index (κ1) is 11.9. The average molecular weight is 188 g/mol. The zero-order valence-electron chi connectivity index (χ0n) is 7.99. The number of rotatable bonds is 6. The minimum atomic E-state index is -0.817. The predicted octanol–water partition coefficient (Wildman–Crippen LogP) is 1.60. The highest BCUT2D eigenvalue weighted by Crippen LogP contribution is 2.12. The molecule has 0 amide bonds. The summed E-state index contributed by atoms with van der Waals surface area (Å²) in [7, 11) is 0. The molecular weight excluding hydrogens is 172 g/mol. The van der Waals surface area contributed by atoms with Gasteiger partial charge in [-0.15, -0.1) is 0 Å². The largest absolute Gasteiger partial charge is 0.481 e. The lowest BCUT2D eigenvalue weighted by Gasteiger charge is -2.07. The molecule has 0 radical (unpaired) electrons. The summed E-state index contributed by atoms with van der Waals surface area (Å²) in [4.78, 5) is 20.8. The molecule has 0 saturated carbocycles. The topological polar surface area (TPSA) is 74.6 Å². The third-order valence-corrected chi connectivity index (χ3v) is 2.12. The van der Waals surface area contributed by atoms with Gasteiger partial charge >= 0.3 is 11.9 Å². The molecule has 76 valence electrons. The Hall–Kier alpha value is -1.06. The van der Waals surface area contributed by atoms with Crippen LogP contribution in [0.2, 0.25) is 0 Å². The summed E-state index contributed by atoms with van der Waals surface area (Å²) in [5.41, 5.74) is 0. The molecule has 0 bridgehead atoms. The van der Waals surface area contributed by atoms with Gasteiger partial charge in [-0.2, -0.15) is 0 Å². The SMILES string of the molecule is C[C@H](CCC[C@@H](C)C(=O)O)C(=O)O. The fraction of sp³-hybridized carbons (Fsp3) is 0.778. The highest BCUT2D eigenvalue weighted by atomic mass is 16.4. The summed E-state index contributed by atoms with van der Waals surface area (Å²) in [5, 5.41) is 17.1. The molecule has 4 nitrogen and oxygen atoms in total. The van der Waals surface area contributed by atoms with E-state index in [2.05, 4.69) is 0 Å². The highest BCUT2D eigenvalue weighted by molar-refractivity contribution is 5.70. The molecule has 0 unspecified atom stereocenters. The van der Waals surface area contributed by atoms with Crippen molar-refractivity contribution in [1.29, 1.82) is 0 Å². The Kier molecular flexibility index (Phi) is 5.11. The number of hydrogen-bond acceptors (Lipinski definition) is 2. The maximum absolute atomic E-state index is 10.4. The molecule has 0 fully saturated rings. The molecule has 0 aromatic carbocycles. The van der Waals surface area contributed by atoms with Crippen LogP contribution in [0.15, 0.2) is 0 Å². The van der Waals surface area contributed by atoms with Crippen LogP contribution in [0.25, 0.3) is 0 Å². The fourth-order valence-electron chi connectivity index (χ4n) is 0.977. The van der Waals surface area contributed by atoms with Crippen molar-refractivity contribution in [3.05, 3.63) is 0 Å². The lowest BCUT2D eigenvalue weighted by molar-refractivity contribution is -0.141. The van der Waals surface area contributed by atoms with E-state index in [0.29, 0.717) is 19.3 Å². The van der Waals surface area contributed by atoms with Gasteiger partial charge in [0.15, 0.2) is 0 Å². The van der Waals surface area contributed by atoms with Crippen molar-refractivity contribution in [2.75, 3.05) is 0 Å². The maximum Gasteiger partial charge on any atom is 0.306 e. The van der Waals surface area contributed by atoms with Crippen molar-refractivity contribution in [3.63, 3.8) is 0 Å². The molecule has 0 heterocycles. The monoisotopic (exact) mass is 188 g/mol. The van der Waals surface area contributed by atoms with Gasteiger partial charge in [-0.25, -0.2) is 0 Å². The Bertz CT molecular complexity index is 168. The Labute approximate surface area is 77.6 Å². The van der Waals surface area contributed by atoms with Crippen LogP contribution >= 0.6 is 0 Å². The third kappa shape index (κ3) is 5.22. The van der Waals surface area contributed by atoms with Gasteiger partial charge in [-0.05, 0) is 12.8 Å². The van der Waals surface area contributed by atoms with Crippen molar-refractivity contribution in [2.24, 2.45) is 11.8 Å². The van der Waals surface area contributed by atoms with E-state index in [4.69, 9.17) is 10.2 Å². The van der Waals surface area contributed by atoms with Crippen LogP contribution in [0.3, 0.4) is 0 Å². The van der Waals surface area contributed by atoms with Crippen molar-refractivity contribution >= 4 is 11.9 Å². The lowest BCUT2D eigenvalue weighted by Crippen LogP contribution is -2.12. The number of aliphatic carboxylic acids is 2. The second-order valence-corrected chi connectivity index (χ2v) is 3.41. The van der Waals surface area contributed by atoms with Crippen LogP contribution in [-0.2, 0) is 9.59 Å². The summed E-state index contributed by atoms with van der Waals surface area (Å²) >= 11 is 0. The standard InChI is InChI=1S/C9H16O4/c1-6(8(10)11)4-3-5-7(2)9(12)13/h6-7H,3-5H2,1-2H3,(H,10,11)(H,12,13)/t6-,7-/m1/s1. The quantitative estimate of drug-likeness (QED) is 0.663. The van der Waals surface area contributed by atoms with Gasteiger partial charge in [0.1, 0.15) is 0 Å². The van der Waals surface area contributed by atoms with Crippen LogP contribution in [0.5, 0.6) is 0 Å². The molecule has 13 heavy (non-hydrogen) atoms. The van der Waals surface area contributed by atoms with Crippen LogP contribution < -0.4 is 0 Å². The number of carboxylic acid groups (broad SMARTS) is 2. The number of carbonyl (C=O) groups is 2. The van der Waals surface area contributed by atoms with Crippen molar-refractivity contribution in [2.45, 2.75) is 33.1 Å². The zero-order valence-corrected chi connectivity index (χ0v) is 7.99. The Morgan fingerprint density at radius 1 is 1.00 bits per heavy atom. The first-order chi connectivity index (χ1) is 5.95. The number of carboxylic acids is 2. The van der Waals surface area contributed by atoms with E-state index in [1.165, 1.54) is 0 Å². The summed E-state index contributed by atoms with van der Waals surface area (Å²) in [6.45, 7) is 3.27. The molecular formula is C9H16O4. The van der Waals surface area contributed by atoms with E-state index in [-0.39, 0.29) is 11.8 Å². The molecule has 0 rings (SSSR count). The summed E-state index contributed by atoms with van der Waals surface area (Å²) in [6, 6.07) is 0. The summed E-state index contributed by atoms with van der Waals surface area (Å²) < 4.78 is 0. The molecule has 0 saturated heterocycles. The molecule has 0 aromatic heterocycles. The second-order valence-electron chi connectivity index (χ2n) is 3.41. The second kappa shape index (κ2) is 5.56. The molecule has 0 aliphatic carbocycles. The molecule has 0 spiro atoms. The van der Waals surface area contributed by atoms with Gasteiger partial charge in [0.25, 0.3) is 0 Å². The Morgan fingerprint density at radius 3 is 1.54 bits per heavy atom. The highest BCUT2D eigenvalue weighted by Gasteiger charge is 2.14. The van der Waals surface area contributed by atoms with E-state index in [1.54, 1.807) is 13.8 Å². The minimum Gasteiger partial charge on any atom is -0.481 e. The molecule has 0 aliphatic heterocycles. The van der Waals surface area contributed by atoms with E-state index in [0.717, 1.165) is 0 Å². The molecule has 2 N–H and O–H groups in total. The predicted molar refractivity (Wildman–Crippen MR) is 47.5 cm³/mol. The average Bonchev–Trinajstić information content (AvgIpc) is 2.03. The third-order valence-electron chi connectivity index (χ3n) is 2.12. The summed E-state index contributed by atoms with van der Waals surface area (Å²) in [5.74, 6) is -2.38. The van der Waals surface area contributed by atoms with E-state index >= 15 is 0 Å². The van der Waals surface area contributed by atoms with Crippen molar-refractivity contribution < 1.29 is 19.8 Å². The smallest absolute Gasteiger partial charge is 0.306 e. The first-order valence-electron chi connectivity index (χ1n) is 4.40. The van der Waals surface area contributed by atoms with E-state index < -0.39 is 11.9 Å². The van der Waals surface area contributed by atoms with Gasteiger partial charge in [0.2, 0.25) is 0 Å². The van der Waals surface area contributed by atoms with Crippen LogP contribution in [-0.4, -0.2) is 22.2 Å². The molecule has 0 aromatic rings. The Morgan fingerprint density at radius 2 is 1.31 bits per heavy atom. The van der Waals surface area contributed by atoms with Crippen molar-refractivity contribution in [3.8, 4) is 0 Å². The lowest BCUT2D eigenvalue weighted by atomic mass is 9.99. The maximum atomic E-state index is 10.4. The summed E-state index contributed by atoms with van der Waals surface area (Å²) in [6.07, 6.45) is 1.75. The normalized spacial score (nSPS) is 14.9. The van der Waals surface area contributed by atoms with E-state index in [9.17, 15) is 9.59 Å². The Balaban J connectivity index is 3.56. The minimum absolute atomic E-state index is 0.374. The van der Waals surface area contributed by atoms with Crippen LogP contribution in [0, 0.1) is 11.8 Å². The van der Waals surface area contributed by atoms with E-state index in [1.807, 2.05) is 0 Å². The molecule has 0 aliphatic rings. The van der Waals surface area contributed by atoms with Gasteiger partial charge in [0.05, 0.1) is 11.8 Å². The first-order valence-corrected chi connectivity index (χ1v) is 4.40. The fourth-order valence-corrected chi connectivity index (χ4v) is 0.977. The molecule has 4 heteroatoms. The van der Waals surface area contributed by atoms with Gasteiger partial charge in [-0.3, -0.25) is 9.59 Å². The van der Waals surface area contributed by atoms with Gasteiger partial charge in [0, 0.05) is 0 Å². The molecule has 2 atom stereocenters. The zero-order chi connectivity index (χ0) is 10.4. The van der Waals surface area contributed by atoms with Gasteiger partial charge in [-0.1, -0.05) is 20.3 Å². The van der Waals surface area contributed by atoms with Gasteiger partial charge < -0.3 is 10.2 Å². The number of hydrogen-bond donors (Lipinski definition) is 2. The van der Waals surface area contributed by atoms with Crippen molar-refractivity contribution in [1.82, 2.24) is 0 Å².